The SMILES string of the molecule is O=C(c1cc(Cl)c[nH]1)N1CCN(c2ccc(O)cc2)CC1. The fraction of sp³-hybridized carbons (Fsp3) is 0.267. The molecule has 0 bridgehead atoms. The molecule has 3 rings (SSSR count). The topological polar surface area (TPSA) is 59.6 Å². The Morgan fingerprint density at radius 2 is 1.81 bits per heavy atom. The van der Waals surface area contributed by atoms with Crippen LogP contribution in [-0.4, -0.2) is 47.1 Å². The lowest BCUT2D eigenvalue weighted by Crippen LogP contribution is -2.48. The molecule has 5 nitrogen and oxygen atoms in total. The van der Waals surface area contributed by atoms with Crippen LogP contribution in [0.5, 0.6) is 5.75 Å². The molecule has 0 radical (unpaired) electrons. The van der Waals surface area contributed by atoms with E-state index in [4.69, 9.17) is 11.6 Å². The number of halogens is 1. The highest BCUT2D eigenvalue weighted by Crippen LogP contribution is 2.20. The monoisotopic (exact) mass is 305 g/mol. The van der Waals surface area contributed by atoms with Crippen molar-refractivity contribution in [3.05, 3.63) is 47.2 Å². The number of phenols is 1. The van der Waals surface area contributed by atoms with Crippen LogP contribution >= 0.6 is 11.6 Å². The second-order valence-corrected chi connectivity index (χ2v) is 5.46. The van der Waals surface area contributed by atoms with Gasteiger partial charge in [-0.2, -0.15) is 0 Å². The van der Waals surface area contributed by atoms with Crippen LogP contribution in [0.15, 0.2) is 36.5 Å². The maximum absolute atomic E-state index is 12.3. The van der Waals surface area contributed by atoms with E-state index >= 15 is 0 Å². The van der Waals surface area contributed by atoms with E-state index < -0.39 is 0 Å². The van der Waals surface area contributed by atoms with Gasteiger partial charge in [-0.1, -0.05) is 11.6 Å². The summed E-state index contributed by atoms with van der Waals surface area (Å²) in [6.07, 6.45) is 1.61. The number of H-pyrrole nitrogens is 1. The van der Waals surface area contributed by atoms with E-state index in [-0.39, 0.29) is 11.7 Å². The predicted octanol–water partition coefficient (Wildman–Crippen LogP) is 2.34. The Kier molecular flexibility index (Phi) is 3.75. The number of rotatable bonds is 2. The molecule has 0 unspecified atom stereocenters. The number of amides is 1. The van der Waals surface area contributed by atoms with Gasteiger partial charge in [-0.3, -0.25) is 4.79 Å². The van der Waals surface area contributed by atoms with Crippen molar-refractivity contribution in [1.29, 1.82) is 0 Å². The maximum atomic E-state index is 12.3. The van der Waals surface area contributed by atoms with Crippen LogP contribution in [0, 0.1) is 0 Å². The van der Waals surface area contributed by atoms with Crippen molar-refractivity contribution in [2.75, 3.05) is 31.1 Å². The number of hydrogen-bond donors (Lipinski definition) is 2. The molecule has 6 heteroatoms. The number of phenolic OH excluding ortho intramolecular Hbond substituents is 1. The Hall–Kier alpha value is -2.14. The van der Waals surface area contributed by atoms with E-state index in [0.717, 1.165) is 18.8 Å². The van der Waals surface area contributed by atoms with Crippen LogP contribution in [0.3, 0.4) is 0 Å². The lowest BCUT2D eigenvalue weighted by molar-refractivity contribution is 0.0741. The third-order valence-electron chi connectivity index (χ3n) is 3.66. The first-order valence-electron chi connectivity index (χ1n) is 6.80. The van der Waals surface area contributed by atoms with Crippen molar-refractivity contribution in [3.8, 4) is 5.75 Å². The zero-order valence-electron chi connectivity index (χ0n) is 11.4. The van der Waals surface area contributed by atoms with E-state index in [2.05, 4.69) is 9.88 Å². The fourth-order valence-electron chi connectivity index (χ4n) is 2.49. The molecule has 2 aromatic rings. The van der Waals surface area contributed by atoms with E-state index in [0.29, 0.717) is 23.8 Å². The van der Waals surface area contributed by atoms with Crippen molar-refractivity contribution in [3.63, 3.8) is 0 Å². The Morgan fingerprint density at radius 3 is 2.38 bits per heavy atom. The Labute approximate surface area is 127 Å². The van der Waals surface area contributed by atoms with Gasteiger partial charge in [0.2, 0.25) is 0 Å². The average Bonchev–Trinajstić information content (AvgIpc) is 2.94. The maximum Gasteiger partial charge on any atom is 0.270 e. The minimum Gasteiger partial charge on any atom is -0.508 e. The van der Waals surface area contributed by atoms with E-state index in [1.54, 1.807) is 24.4 Å². The van der Waals surface area contributed by atoms with Crippen LogP contribution in [0.2, 0.25) is 5.02 Å². The van der Waals surface area contributed by atoms with Gasteiger partial charge < -0.3 is 19.9 Å². The molecule has 1 aliphatic rings. The molecule has 2 N–H and O–H groups in total. The first-order valence-corrected chi connectivity index (χ1v) is 7.18. The second-order valence-electron chi connectivity index (χ2n) is 5.03. The molecule has 110 valence electrons. The summed E-state index contributed by atoms with van der Waals surface area (Å²) in [5.74, 6) is 0.239. The summed E-state index contributed by atoms with van der Waals surface area (Å²) in [6.45, 7) is 2.86. The number of carbonyl (C=O) groups excluding carboxylic acids is 1. The zero-order chi connectivity index (χ0) is 14.8. The summed E-state index contributed by atoms with van der Waals surface area (Å²) in [4.78, 5) is 19.2. The van der Waals surface area contributed by atoms with Crippen LogP contribution in [-0.2, 0) is 0 Å². The molecular formula is C15H16ClN3O2. The third kappa shape index (κ3) is 2.97. The molecule has 1 aliphatic heterocycles. The van der Waals surface area contributed by atoms with Gasteiger partial charge in [0.05, 0.1) is 5.02 Å². The third-order valence-corrected chi connectivity index (χ3v) is 3.88. The van der Waals surface area contributed by atoms with E-state index in [9.17, 15) is 9.90 Å². The molecule has 0 saturated carbocycles. The summed E-state index contributed by atoms with van der Waals surface area (Å²) in [5.41, 5.74) is 1.58. The molecule has 1 amide bonds. The minimum absolute atomic E-state index is 0.0211. The summed E-state index contributed by atoms with van der Waals surface area (Å²) in [5, 5.41) is 9.85. The number of piperazine rings is 1. The smallest absolute Gasteiger partial charge is 0.270 e. The first kappa shape index (κ1) is 13.8. The Morgan fingerprint density at radius 1 is 1.14 bits per heavy atom. The molecule has 1 saturated heterocycles. The van der Waals surface area contributed by atoms with E-state index in [1.807, 2.05) is 17.0 Å². The number of aromatic hydroxyl groups is 1. The van der Waals surface area contributed by atoms with Crippen molar-refractivity contribution in [2.45, 2.75) is 0 Å². The van der Waals surface area contributed by atoms with Crippen LogP contribution in [0.25, 0.3) is 0 Å². The fourth-order valence-corrected chi connectivity index (χ4v) is 2.66. The summed E-state index contributed by atoms with van der Waals surface area (Å²) < 4.78 is 0. The number of aromatic nitrogens is 1. The van der Waals surface area contributed by atoms with Crippen LogP contribution in [0.4, 0.5) is 5.69 Å². The van der Waals surface area contributed by atoms with Crippen LogP contribution in [0.1, 0.15) is 10.5 Å². The van der Waals surface area contributed by atoms with Gasteiger partial charge in [-0.05, 0) is 30.3 Å². The quantitative estimate of drug-likeness (QED) is 0.895. The molecule has 21 heavy (non-hydrogen) atoms. The molecule has 1 fully saturated rings. The van der Waals surface area contributed by atoms with Gasteiger partial charge in [0.1, 0.15) is 11.4 Å². The number of hydrogen-bond acceptors (Lipinski definition) is 3. The highest BCUT2D eigenvalue weighted by molar-refractivity contribution is 6.30. The van der Waals surface area contributed by atoms with E-state index in [1.165, 1.54) is 0 Å². The second kappa shape index (κ2) is 5.69. The molecule has 1 aromatic heterocycles. The van der Waals surface area contributed by atoms with Gasteiger partial charge in [-0.15, -0.1) is 0 Å². The minimum atomic E-state index is -0.0211. The van der Waals surface area contributed by atoms with Crippen molar-refractivity contribution in [1.82, 2.24) is 9.88 Å². The number of benzene rings is 1. The number of anilines is 1. The Bertz CT molecular complexity index is 631. The molecule has 0 atom stereocenters. The van der Waals surface area contributed by atoms with Crippen molar-refractivity contribution >= 4 is 23.2 Å². The van der Waals surface area contributed by atoms with Gasteiger partial charge in [0.15, 0.2) is 0 Å². The van der Waals surface area contributed by atoms with Gasteiger partial charge in [0, 0.05) is 38.1 Å². The van der Waals surface area contributed by atoms with Gasteiger partial charge in [0.25, 0.3) is 5.91 Å². The molecule has 1 aromatic carbocycles. The lowest BCUT2D eigenvalue weighted by atomic mass is 10.2. The normalized spacial score (nSPS) is 15.3. The zero-order valence-corrected chi connectivity index (χ0v) is 12.2. The number of aromatic amines is 1. The summed E-state index contributed by atoms with van der Waals surface area (Å²) in [7, 11) is 0. The van der Waals surface area contributed by atoms with Crippen molar-refractivity contribution in [2.24, 2.45) is 0 Å². The highest BCUT2D eigenvalue weighted by atomic mass is 35.5. The lowest BCUT2D eigenvalue weighted by Gasteiger charge is -2.36. The Balaban J connectivity index is 1.62. The van der Waals surface area contributed by atoms with Crippen LogP contribution < -0.4 is 4.90 Å². The summed E-state index contributed by atoms with van der Waals surface area (Å²) in [6, 6.07) is 8.77. The summed E-state index contributed by atoms with van der Waals surface area (Å²) >= 11 is 5.83. The average molecular weight is 306 g/mol. The predicted molar refractivity (Wildman–Crippen MR) is 82.0 cm³/mol. The number of nitrogens with one attached hydrogen (secondary N) is 1. The molecule has 0 spiro atoms. The number of carbonyl (C=O) groups is 1. The highest BCUT2D eigenvalue weighted by Gasteiger charge is 2.23. The molecule has 0 aliphatic carbocycles. The first-order chi connectivity index (χ1) is 10.1. The molecule has 2 heterocycles. The standard InChI is InChI=1S/C15H16ClN3O2/c16-11-9-14(17-10-11)15(21)19-7-5-18(6-8-19)12-1-3-13(20)4-2-12/h1-4,9-10,17,20H,5-8H2. The van der Waals surface area contributed by atoms with Gasteiger partial charge in [-0.25, -0.2) is 0 Å². The van der Waals surface area contributed by atoms with Gasteiger partial charge >= 0.3 is 0 Å². The molecular weight excluding hydrogens is 290 g/mol. The largest absolute Gasteiger partial charge is 0.508 e. The van der Waals surface area contributed by atoms with Crippen molar-refractivity contribution < 1.29 is 9.90 Å². The number of nitrogens with zero attached hydrogens (tertiary/aromatic N) is 2.